The first kappa shape index (κ1) is 21.7. The predicted molar refractivity (Wildman–Crippen MR) is 130 cm³/mol. The predicted octanol–water partition coefficient (Wildman–Crippen LogP) is 5.71. The van der Waals surface area contributed by atoms with Gasteiger partial charge in [0.25, 0.3) is 0 Å². The SMILES string of the molecule is COc1cncc(-c2ccc(-c3ccc(N(C)C4C[C@]5(C)CC[C@](C)(C4)C5)nn3)c(O)c2)c1. The highest BCUT2D eigenvalue weighted by atomic mass is 16.5. The van der Waals surface area contributed by atoms with Crippen molar-refractivity contribution in [2.75, 3.05) is 19.1 Å². The monoisotopic (exact) mass is 444 g/mol. The molecule has 33 heavy (non-hydrogen) atoms. The standard InChI is InChI=1S/C27H32N4O2/c1-26-9-10-27(2,17-26)14-20(13-26)31(3)25-8-7-23(29-30-25)22-6-5-18(12-24(22)32)19-11-21(33-4)16-28-15-19/h5-8,11-12,15-16,20,32H,9-10,13-14,17H2,1-4H3/t20?,26-,27+. The van der Waals surface area contributed by atoms with Crippen LogP contribution in [0.25, 0.3) is 22.4 Å². The van der Waals surface area contributed by atoms with Crippen LogP contribution in [0.1, 0.15) is 46.0 Å². The molecule has 0 aliphatic heterocycles. The van der Waals surface area contributed by atoms with Gasteiger partial charge in [0.15, 0.2) is 5.82 Å². The second-order valence-corrected chi connectivity index (χ2v) is 10.6. The van der Waals surface area contributed by atoms with Gasteiger partial charge in [-0.1, -0.05) is 19.9 Å². The Kier molecular flexibility index (Phi) is 5.26. The van der Waals surface area contributed by atoms with Crippen molar-refractivity contribution in [1.29, 1.82) is 0 Å². The summed E-state index contributed by atoms with van der Waals surface area (Å²) in [5, 5.41) is 19.7. The number of benzene rings is 1. The maximum absolute atomic E-state index is 10.7. The summed E-state index contributed by atoms with van der Waals surface area (Å²) in [6, 6.07) is 11.9. The molecule has 2 aliphatic carbocycles. The summed E-state index contributed by atoms with van der Waals surface area (Å²) in [5.41, 5.74) is 3.95. The van der Waals surface area contributed by atoms with E-state index in [-0.39, 0.29) is 5.75 Å². The smallest absolute Gasteiger partial charge is 0.151 e. The van der Waals surface area contributed by atoms with Crippen molar-refractivity contribution >= 4 is 5.82 Å². The molecular formula is C27H32N4O2. The van der Waals surface area contributed by atoms with Crippen LogP contribution < -0.4 is 9.64 Å². The van der Waals surface area contributed by atoms with Crippen molar-refractivity contribution in [1.82, 2.24) is 15.2 Å². The summed E-state index contributed by atoms with van der Waals surface area (Å²) >= 11 is 0. The molecule has 2 saturated carbocycles. The van der Waals surface area contributed by atoms with E-state index in [0.29, 0.717) is 33.9 Å². The molecule has 0 radical (unpaired) electrons. The maximum atomic E-state index is 10.7. The number of phenolic OH excluding ortho intramolecular Hbond substituents is 1. The van der Waals surface area contributed by atoms with Gasteiger partial charge >= 0.3 is 0 Å². The molecule has 3 aromatic rings. The number of rotatable bonds is 5. The Bertz CT molecular complexity index is 1150. The number of nitrogens with zero attached hydrogens (tertiary/aromatic N) is 4. The summed E-state index contributed by atoms with van der Waals surface area (Å²) in [7, 11) is 3.75. The average molecular weight is 445 g/mol. The van der Waals surface area contributed by atoms with Crippen LogP contribution in [0.3, 0.4) is 0 Å². The third kappa shape index (κ3) is 4.14. The molecule has 0 saturated heterocycles. The van der Waals surface area contributed by atoms with E-state index in [4.69, 9.17) is 4.74 Å². The Morgan fingerprint density at radius 3 is 2.36 bits per heavy atom. The van der Waals surface area contributed by atoms with E-state index in [1.54, 1.807) is 25.6 Å². The van der Waals surface area contributed by atoms with E-state index in [1.807, 2.05) is 30.3 Å². The highest BCUT2D eigenvalue weighted by Gasteiger charge is 2.49. The number of aromatic nitrogens is 3. The normalized spacial score (nSPS) is 26.2. The summed E-state index contributed by atoms with van der Waals surface area (Å²) in [5.74, 6) is 1.72. The third-order valence-electron chi connectivity index (χ3n) is 7.76. The number of methoxy groups -OCH3 is 1. The quantitative estimate of drug-likeness (QED) is 0.543. The van der Waals surface area contributed by atoms with Crippen LogP contribution in [0.2, 0.25) is 0 Å². The van der Waals surface area contributed by atoms with Crippen LogP contribution in [-0.2, 0) is 0 Å². The van der Waals surface area contributed by atoms with Crippen LogP contribution in [0.15, 0.2) is 48.8 Å². The highest BCUT2D eigenvalue weighted by molar-refractivity contribution is 5.74. The number of phenols is 1. The van der Waals surface area contributed by atoms with Gasteiger partial charge in [-0.2, -0.15) is 0 Å². The van der Waals surface area contributed by atoms with E-state index in [0.717, 1.165) is 16.9 Å². The van der Waals surface area contributed by atoms with E-state index in [2.05, 4.69) is 41.0 Å². The first-order valence-corrected chi connectivity index (χ1v) is 11.7. The van der Waals surface area contributed by atoms with Crippen molar-refractivity contribution < 1.29 is 9.84 Å². The van der Waals surface area contributed by atoms with E-state index in [1.165, 1.54) is 32.1 Å². The first-order chi connectivity index (χ1) is 15.8. The van der Waals surface area contributed by atoms with E-state index in [9.17, 15) is 5.11 Å². The molecule has 2 bridgehead atoms. The molecule has 2 fully saturated rings. The minimum absolute atomic E-state index is 0.162. The lowest BCUT2D eigenvalue weighted by Gasteiger charge is -2.44. The van der Waals surface area contributed by atoms with Crippen molar-refractivity contribution in [3.05, 3.63) is 48.8 Å². The molecule has 2 heterocycles. The molecule has 5 rings (SSSR count). The molecule has 1 unspecified atom stereocenters. The Labute approximate surface area is 195 Å². The number of fused-ring (bicyclic) bond motifs is 2. The van der Waals surface area contributed by atoms with Gasteiger partial charge in [0, 0.05) is 30.4 Å². The molecule has 6 nitrogen and oxygen atoms in total. The van der Waals surface area contributed by atoms with Gasteiger partial charge < -0.3 is 14.7 Å². The number of anilines is 1. The minimum Gasteiger partial charge on any atom is -0.507 e. The number of ether oxygens (including phenoxy) is 1. The van der Waals surface area contributed by atoms with Crippen molar-refractivity contribution in [3.63, 3.8) is 0 Å². The summed E-state index contributed by atoms with van der Waals surface area (Å²) in [4.78, 5) is 6.50. The summed E-state index contributed by atoms with van der Waals surface area (Å²) in [6.45, 7) is 4.89. The fourth-order valence-corrected chi connectivity index (χ4v) is 6.10. The number of pyridine rings is 1. The van der Waals surface area contributed by atoms with Crippen molar-refractivity contribution in [2.45, 2.75) is 52.0 Å². The second kappa shape index (κ2) is 8.01. The average Bonchev–Trinajstić information content (AvgIpc) is 3.05. The van der Waals surface area contributed by atoms with Gasteiger partial charge in [0.05, 0.1) is 19.0 Å². The lowest BCUT2D eigenvalue weighted by Crippen LogP contribution is -2.42. The van der Waals surface area contributed by atoms with Crippen molar-refractivity contribution in [3.8, 4) is 33.9 Å². The largest absolute Gasteiger partial charge is 0.507 e. The molecule has 0 amide bonds. The molecular weight excluding hydrogens is 412 g/mol. The van der Waals surface area contributed by atoms with Crippen LogP contribution in [-0.4, -0.2) is 40.5 Å². The highest BCUT2D eigenvalue weighted by Crippen LogP contribution is 2.58. The molecule has 2 aliphatic rings. The minimum atomic E-state index is 0.162. The summed E-state index contributed by atoms with van der Waals surface area (Å²) < 4.78 is 5.25. The third-order valence-corrected chi connectivity index (χ3v) is 7.76. The van der Waals surface area contributed by atoms with Gasteiger partial charge in [-0.25, -0.2) is 0 Å². The zero-order valence-corrected chi connectivity index (χ0v) is 19.9. The van der Waals surface area contributed by atoms with Crippen LogP contribution in [0, 0.1) is 10.8 Å². The van der Waals surface area contributed by atoms with Gasteiger partial charge in [-0.05, 0) is 78.8 Å². The van der Waals surface area contributed by atoms with Gasteiger partial charge in [-0.15, -0.1) is 10.2 Å². The molecule has 1 N–H and O–H groups in total. The Morgan fingerprint density at radius 1 is 0.970 bits per heavy atom. The molecule has 3 atom stereocenters. The number of hydrogen-bond donors (Lipinski definition) is 1. The molecule has 6 heteroatoms. The van der Waals surface area contributed by atoms with E-state index < -0.39 is 0 Å². The maximum Gasteiger partial charge on any atom is 0.151 e. The van der Waals surface area contributed by atoms with Crippen LogP contribution in [0.5, 0.6) is 11.5 Å². The van der Waals surface area contributed by atoms with E-state index >= 15 is 0 Å². The lowest BCUT2D eigenvalue weighted by molar-refractivity contribution is 0.148. The lowest BCUT2D eigenvalue weighted by atomic mass is 9.68. The second-order valence-electron chi connectivity index (χ2n) is 10.6. The molecule has 0 spiro atoms. The zero-order chi connectivity index (χ0) is 23.2. The topological polar surface area (TPSA) is 71.4 Å². The van der Waals surface area contributed by atoms with Gasteiger partial charge in [0.1, 0.15) is 11.5 Å². The fourth-order valence-electron chi connectivity index (χ4n) is 6.10. The first-order valence-electron chi connectivity index (χ1n) is 11.7. The zero-order valence-electron chi connectivity index (χ0n) is 19.9. The number of hydrogen-bond acceptors (Lipinski definition) is 6. The molecule has 2 aromatic heterocycles. The molecule has 1 aromatic carbocycles. The van der Waals surface area contributed by atoms with Crippen LogP contribution >= 0.6 is 0 Å². The van der Waals surface area contributed by atoms with Gasteiger partial charge in [-0.3, -0.25) is 4.98 Å². The Hall–Kier alpha value is -3.15. The van der Waals surface area contributed by atoms with Crippen LogP contribution in [0.4, 0.5) is 5.82 Å². The fraction of sp³-hybridized carbons (Fsp3) is 0.444. The molecule has 172 valence electrons. The summed E-state index contributed by atoms with van der Waals surface area (Å²) in [6.07, 6.45) is 9.84. The number of aromatic hydroxyl groups is 1. The van der Waals surface area contributed by atoms with Crippen molar-refractivity contribution in [2.24, 2.45) is 10.8 Å². The Balaban J connectivity index is 1.35. The van der Waals surface area contributed by atoms with Gasteiger partial charge in [0.2, 0.25) is 0 Å². The Morgan fingerprint density at radius 2 is 1.73 bits per heavy atom.